The van der Waals surface area contributed by atoms with Gasteiger partial charge in [-0.2, -0.15) is 0 Å². The first-order valence-corrected chi connectivity index (χ1v) is 7.57. The van der Waals surface area contributed by atoms with Crippen molar-refractivity contribution in [2.75, 3.05) is 11.9 Å². The number of hydrogen-bond donors (Lipinski definition) is 1. The van der Waals surface area contributed by atoms with E-state index in [4.69, 9.17) is 0 Å². The second-order valence-electron chi connectivity index (χ2n) is 4.98. The monoisotopic (exact) mass is 324 g/mol. The minimum Gasteiger partial charge on any atom is -0.369 e. The Kier molecular flexibility index (Phi) is 4.07. The summed E-state index contributed by atoms with van der Waals surface area (Å²) in [7, 11) is 0. The lowest BCUT2D eigenvalue weighted by Crippen LogP contribution is -2.26. The highest BCUT2D eigenvalue weighted by Crippen LogP contribution is 2.27. The van der Waals surface area contributed by atoms with Crippen LogP contribution < -0.4 is 5.32 Å². The van der Waals surface area contributed by atoms with Crippen LogP contribution in [0.1, 0.15) is 24.4 Å². The smallest absolute Gasteiger partial charge is 0.126 e. The highest BCUT2D eigenvalue weighted by molar-refractivity contribution is 9.10. The number of halogens is 1. The lowest BCUT2D eigenvalue weighted by atomic mass is 9.91. The van der Waals surface area contributed by atoms with Crippen molar-refractivity contribution in [2.24, 2.45) is 0 Å². The molecule has 0 aromatic carbocycles. The summed E-state index contributed by atoms with van der Waals surface area (Å²) in [5.41, 5.74) is 1.13. The molecule has 96 valence electrons. The fourth-order valence-electron chi connectivity index (χ4n) is 1.70. The largest absolute Gasteiger partial charge is 0.369 e. The Labute approximate surface area is 121 Å². The molecule has 0 saturated carbocycles. The van der Waals surface area contributed by atoms with E-state index in [0.29, 0.717) is 0 Å². The molecule has 2 heterocycles. The molecule has 0 amide bonds. The maximum absolute atomic E-state index is 4.50. The summed E-state index contributed by atoms with van der Waals surface area (Å²) in [5.74, 6) is 0.931. The summed E-state index contributed by atoms with van der Waals surface area (Å²) in [6.07, 6.45) is 0. The van der Waals surface area contributed by atoms with Crippen LogP contribution in [0.2, 0.25) is 0 Å². The summed E-state index contributed by atoms with van der Waals surface area (Å²) in [6, 6.07) is 8.32. The zero-order valence-corrected chi connectivity index (χ0v) is 13.2. The Hall–Kier alpha value is -0.870. The van der Waals surface area contributed by atoms with E-state index in [1.807, 2.05) is 19.1 Å². The number of hydrogen-bond acceptors (Lipinski definition) is 3. The van der Waals surface area contributed by atoms with Crippen LogP contribution in [0.4, 0.5) is 5.82 Å². The van der Waals surface area contributed by atoms with E-state index in [9.17, 15) is 0 Å². The number of aromatic nitrogens is 1. The summed E-state index contributed by atoms with van der Waals surface area (Å²) >= 11 is 5.27. The molecule has 0 aliphatic rings. The van der Waals surface area contributed by atoms with E-state index < -0.39 is 0 Å². The molecule has 2 aromatic rings. The molecule has 0 unspecified atom stereocenters. The predicted octanol–water partition coefficient (Wildman–Crippen LogP) is 4.60. The molecule has 0 spiro atoms. The molecule has 0 aliphatic carbocycles. The maximum atomic E-state index is 4.50. The Morgan fingerprint density at radius 2 is 2.11 bits per heavy atom. The molecule has 0 atom stereocenters. The molecule has 0 bridgehead atoms. The van der Waals surface area contributed by atoms with E-state index in [1.165, 1.54) is 4.88 Å². The van der Waals surface area contributed by atoms with Crippen LogP contribution in [0.5, 0.6) is 0 Å². The summed E-state index contributed by atoms with van der Waals surface area (Å²) in [4.78, 5) is 5.89. The fraction of sp³-hybridized carbons (Fsp3) is 0.357. The van der Waals surface area contributed by atoms with Gasteiger partial charge in [-0.1, -0.05) is 19.9 Å². The van der Waals surface area contributed by atoms with Crippen molar-refractivity contribution in [1.82, 2.24) is 4.98 Å². The maximum Gasteiger partial charge on any atom is 0.126 e. The minimum absolute atomic E-state index is 0.122. The van der Waals surface area contributed by atoms with Crippen molar-refractivity contribution in [3.8, 4) is 0 Å². The highest BCUT2D eigenvalue weighted by Gasteiger charge is 2.21. The molecule has 0 radical (unpaired) electrons. The molecule has 2 nitrogen and oxygen atoms in total. The zero-order valence-electron chi connectivity index (χ0n) is 10.8. The number of pyridine rings is 1. The highest BCUT2D eigenvalue weighted by atomic mass is 79.9. The molecule has 1 N–H and O–H groups in total. The summed E-state index contributed by atoms with van der Waals surface area (Å²) < 4.78 is 1.05. The normalized spacial score (nSPS) is 11.6. The van der Waals surface area contributed by atoms with Gasteiger partial charge in [0.15, 0.2) is 0 Å². The Morgan fingerprint density at radius 1 is 1.33 bits per heavy atom. The third-order valence-corrected chi connectivity index (χ3v) is 4.99. The predicted molar refractivity (Wildman–Crippen MR) is 82.5 cm³/mol. The lowest BCUT2D eigenvalue weighted by Gasteiger charge is -2.24. The molecule has 4 heteroatoms. The van der Waals surface area contributed by atoms with Gasteiger partial charge in [0.05, 0.1) is 5.69 Å². The van der Waals surface area contributed by atoms with Gasteiger partial charge in [-0.15, -0.1) is 11.3 Å². The fourth-order valence-corrected chi connectivity index (χ4v) is 2.78. The molecule has 0 aliphatic heterocycles. The van der Waals surface area contributed by atoms with E-state index in [-0.39, 0.29) is 5.41 Å². The van der Waals surface area contributed by atoms with E-state index in [1.54, 1.807) is 11.3 Å². The lowest BCUT2D eigenvalue weighted by molar-refractivity contribution is 0.568. The number of aryl methyl sites for hydroxylation is 1. The van der Waals surface area contributed by atoms with E-state index >= 15 is 0 Å². The number of nitrogens with one attached hydrogen (secondary N) is 1. The topological polar surface area (TPSA) is 24.9 Å². The van der Waals surface area contributed by atoms with Crippen LogP contribution in [-0.2, 0) is 5.41 Å². The van der Waals surface area contributed by atoms with Crippen molar-refractivity contribution in [2.45, 2.75) is 26.2 Å². The van der Waals surface area contributed by atoms with Gasteiger partial charge in [0, 0.05) is 21.3 Å². The van der Waals surface area contributed by atoms with Crippen molar-refractivity contribution < 1.29 is 0 Å². The van der Waals surface area contributed by atoms with Crippen LogP contribution in [0.25, 0.3) is 0 Å². The van der Waals surface area contributed by atoms with Crippen LogP contribution in [0.3, 0.4) is 0 Å². The second-order valence-corrected chi connectivity index (χ2v) is 6.78. The van der Waals surface area contributed by atoms with E-state index in [0.717, 1.165) is 22.5 Å². The molecular weight excluding hydrogens is 308 g/mol. The molecule has 2 rings (SSSR count). The van der Waals surface area contributed by atoms with Gasteiger partial charge < -0.3 is 5.32 Å². The number of nitrogens with zero attached hydrogens (tertiary/aromatic N) is 1. The van der Waals surface area contributed by atoms with Gasteiger partial charge in [0.25, 0.3) is 0 Å². The van der Waals surface area contributed by atoms with Gasteiger partial charge in [0.1, 0.15) is 5.82 Å². The Morgan fingerprint density at radius 3 is 2.72 bits per heavy atom. The van der Waals surface area contributed by atoms with Gasteiger partial charge in [-0.3, -0.25) is 0 Å². The molecule has 2 aromatic heterocycles. The van der Waals surface area contributed by atoms with Crippen LogP contribution in [-0.4, -0.2) is 11.5 Å². The van der Waals surface area contributed by atoms with Gasteiger partial charge in [-0.05, 0) is 46.4 Å². The third-order valence-electron chi connectivity index (χ3n) is 2.92. The van der Waals surface area contributed by atoms with Crippen LogP contribution in [0.15, 0.2) is 34.1 Å². The van der Waals surface area contributed by atoms with Crippen molar-refractivity contribution >= 4 is 33.1 Å². The first kappa shape index (κ1) is 13.6. The van der Waals surface area contributed by atoms with E-state index in [2.05, 4.69) is 57.6 Å². The third kappa shape index (κ3) is 3.12. The number of thiophene rings is 1. The summed E-state index contributed by atoms with van der Waals surface area (Å²) in [5, 5.41) is 5.54. The zero-order chi connectivity index (χ0) is 13.2. The molecule has 0 saturated heterocycles. The molecule has 0 fully saturated rings. The summed E-state index contributed by atoms with van der Waals surface area (Å²) in [6.45, 7) is 7.37. The van der Waals surface area contributed by atoms with Crippen LogP contribution >= 0.6 is 27.3 Å². The molecule has 18 heavy (non-hydrogen) atoms. The van der Waals surface area contributed by atoms with Crippen molar-refractivity contribution in [3.63, 3.8) is 0 Å². The standard InChI is InChI=1S/C14H17BrN2S/c1-10-11(15)6-7-13(17-10)16-9-14(2,3)12-5-4-8-18-12/h4-8H,9H2,1-3H3,(H,16,17). The number of anilines is 1. The first-order valence-electron chi connectivity index (χ1n) is 5.90. The van der Waals surface area contributed by atoms with Gasteiger partial charge in [-0.25, -0.2) is 4.98 Å². The van der Waals surface area contributed by atoms with Gasteiger partial charge in [0.2, 0.25) is 0 Å². The quantitative estimate of drug-likeness (QED) is 0.888. The van der Waals surface area contributed by atoms with Crippen molar-refractivity contribution in [3.05, 3.63) is 44.7 Å². The number of rotatable bonds is 4. The first-order chi connectivity index (χ1) is 8.49. The average Bonchev–Trinajstić information content (AvgIpc) is 2.85. The second kappa shape index (κ2) is 5.41. The van der Waals surface area contributed by atoms with Crippen molar-refractivity contribution in [1.29, 1.82) is 0 Å². The molecular formula is C14H17BrN2S. The SMILES string of the molecule is Cc1nc(NCC(C)(C)c2cccs2)ccc1Br. The Balaban J connectivity index is 2.05. The Bertz CT molecular complexity index is 521. The average molecular weight is 325 g/mol. The van der Waals surface area contributed by atoms with Gasteiger partial charge >= 0.3 is 0 Å². The minimum atomic E-state index is 0.122. The van der Waals surface area contributed by atoms with Crippen LogP contribution in [0, 0.1) is 6.92 Å².